The maximum Gasteiger partial charge on any atom is 0.220 e. The predicted octanol–water partition coefficient (Wildman–Crippen LogP) is 6.04. The van der Waals surface area contributed by atoms with Gasteiger partial charge in [-0.15, -0.1) is 4.91 Å². The Labute approximate surface area is 241 Å². The highest BCUT2D eigenvalue weighted by Gasteiger charge is 2.30. The number of nitroso groups, excluding NO2 is 1. The van der Waals surface area contributed by atoms with Gasteiger partial charge in [0.2, 0.25) is 5.91 Å². The van der Waals surface area contributed by atoms with Crippen molar-refractivity contribution in [1.29, 1.82) is 0 Å². The van der Waals surface area contributed by atoms with E-state index in [-0.39, 0.29) is 11.9 Å². The van der Waals surface area contributed by atoms with E-state index in [2.05, 4.69) is 33.6 Å². The molecule has 1 amide bonds. The Balaban J connectivity index is 1.33. The van der Waals surface area contributed by atoms with E-state index in [1.54, 1.807) is 6.92 Å². The van der Waals surface area contributed by atoms with Gasteiger partial charge in [0.05, 0.1) is 5.70 Å². The highest BCUT2D eigenvalue weighted by atomic mass is 35.5. The lowest BCUT2D eigenvalue weighted by atomic mass is 9.88. The van der Waals surface area contributed by atoms with Crippen LogP contribution < -0.4 is 10.1 Å². The molecule has 1 atom stereocenters. The average molecular weight is 561 g/mol. The summed E-state index contributed by atoms with van der Waals surface area (Å²) < 4.78 is 6.19. The molecule has 0 spiro atoms. The van der Waals surface area contributed by atoms with Crippen molar-refractivity contribution in [2.45, 2.75) is 51.7 Å². The number of carbonyl (C=O) groups is 1. The SMILES string of the molecule is CC(=O)N(Cc1ccc(Cl)cc1)[C@H]1CCN(CC/C=C2\C3=C(COc4ccc(C(C)(C)N=O)cc42)NCC=C3)C1. The summed E-state index contributed by atoms with van der Waals surface area (Å²) in [5.41, 5.74) is 5.41. The predicted molar refractivity (Wildman–Crippen MR) is 160 cm³/mol. The third-order valence-electron chi connectivity index (χ3n) is 8.06. The van der Waals surface area contributed by atoms with Crippen LogP contribution in [0.3, 0.4) is 0 Å². The second-order valence-corrected chi connectivity index (χ2v) is 11.7. The van der Waals surface area contributed by atoms with Crippen LogP contribution in [0.1, 0.15) is 50.3 Å². The van der Waals surface area contributed by atoms with Crippen LogP contribution in [0.4, 0.5) is 0 Å². The standard InChI is InChI=1S/C32H37ClN4O3/c1-22(38)37(19-23-8-11-25(33)12-9-23)26-14-17-36(20-26)16-5-7-27-28-6-4-15-34-30(28)21-40-31-13-10-24(18-29(27)31)32(2,3)35-39/h4,6-13,18,26,34H,5,14-17,19-21H2,1-3H3/b27-7+/t26-/m0/s1. The fourth-order valence-electron chi connectivity index (χ4n) is 5.70. The van der Waals surface area contributed by atoms with Gasteiger partial charge in [-0.3, -0.25) is 4.79 Å². The van der Waals surface area contributed by atoms with Crippen molar-refractivity contribution in [1.82, 2.24) is 15.1 Å². The molecule has 0 bridgehead atoms. The normalized spacial score (nSPS) is 19.9. The monoisotopic (exact) mass is 560 g/mol. The highest BCUT2D eigenvalue weighted by molar-refractivity contribution is 6.30. The Kier molecular flexibility index (Phi) is 8.43. The van der Waals surface area contributed by atoms with Crippen molar-refractivity contribution in [2.75, 3.05) is 32.8 Å². The minimum absolute atomic E-state index is 0.0959. The lowest BCUT2D eigenvalue weighted by Crippen LogP contribution is -2.40. The van der Waals surface area contributed by atoms with E-state index < -0.39 is 5.54 Å². The summed E-state index contributed by atoms with van der Waals surface area (Å²) in [7, 11) is 0. The number of ether oxygens (including phenoxy) is 1. The van der Waals surface area contributed by atoms with Gasteiger partial charge in [0.25, 0.3) is 0 Å². The second kappa shape index (κ2) is 12.0. The zero-order valence-corrected chi connectivity index (χ0v) is 24.2. The first kappa shape index (κ1) is 28.1. The molecule has 210 valence electrons. The molecule has 3 aliphatic rings. The number of allylic oxidation sites excluding steroid dienone is 3. The number of fused-ring (bicyclic) bond motifs is 1. The van der Waals surface area contributed by atoms with E-state index in [0.717, 1.165) is 78.3 Å². The number of benzene rings is 2. The molecule has 0 aliphatic carbocycles. The molecule has 0 unspecified atom stereocenters. The van der Waals surface area contributed by atoms with Crippen LogP contribution in [0.25, 0.3) is 5.57 Å². The fraction of sp³-hybridized carbons (Fsp3) is 0.406. The maximum atomic E-state index is 12.5. The van der Waals surface area contributed by atoms with Gasteiger partial charge < -0.3 is 19.9 Å². The van der Waals surface area contributed by atoms with E-state index in [9.17, 15) is 9.70 Å². The second-order valence-electron chi connectivity index (χ2n) is 11.2. The Bertz CT molecular complexity index is 1360. The lowest BCUT2D eigenvalue weighted by Gasteiger charge is -2.28. The zero-order valence-electron chi connectivity index (χ0n) is 23.5. The minimum atomic E-state index is -0.830. The maximum absolute atomic E-state index is 12.5. The molecule has 2 aromatic carbocycles. The van der Waals surface area contributed by atoms with E-state index in [1.807, 2.05) is 61.2 Å². The summed E-state index contributed by atoms with van der Waals surface area (Å²) in [6.07, 6.45) is 8.39. The Morgan fingerprint density at radius 2 is 2.05 bits per heavy atom. The van der Waals surface area contributed by atoms with Gasteiger partial charge in [-0.05, 0) is 67.7 Å². The van der Waals surface area contributed by atoms with Crippen LogP contribution in [0.15, 0.2) is 77.1 Å². The van der Waals surface area contributed by atoms with Crippen LogP contribution in [-0.4, -0.2) is 54.5 Å². The molecular weight excluding hydrogens is 524 g/mol. The topological polar surface area (TPSA) is 74.2 Å². The van der Waals surface area contributed by atoms with Gasteiger partial charge in [0.15, 0.2) is 0 Å². The van der Waals surface area contributed by atoms with Gasteiger partial charge >= 0.3 is 0 Å². The molecule has 0 radical (unpaired) electrons. The average Bonchev–Trinajstić information content (AvgIpc) is 3.36. The molecule has 0 saturated carbocycles. The van der Waals surface area contributed by atoms with Crippen molar-refractivity contribution < 1.29 is 9.53 Å². The van der Waals surface area contributed by atoms with Crippen molar-refractivity contribution in [2.24, 2.45) is 5.18 Å². The number of nitrogens with zero attached hydrogens (tertiary/aromatic N) is 3. The Morgan fingerprint density at radius 1 is 1.25 bits per heavy atom. The Hall–Kier alpha value is -3.42. The van der Waals surface area contributed by atoms with Gasteiger partial charge in [-0.2, -0.15) is 0 Å². The first-order valence-corrected chi connectivity index (χ1v) is 14.3. The zero-order chi connectivity index (χ0) is 28.3. The number of carbonyl (C=O) groups excluding carboxylic acids is 1. The van der Waals surface area contributed by atoms with E-state index in [4.69, 9.17) is 16.3 Å². The van der Waals surface area contributed by atoms with Crippen LogP contribution in [-0.2, 0) is 16.9 Å². The molecular formula is C32H37ClN4O3. The molecule has 2 aromatic rings. The van der Waals surface area contributed by atoms with Gasteiger partial charge in [-0.25, -0.2) is 0 Å². The fourth-order valence-corrected chi connectivity index (χ4v) is 5.82. The van der Waals surface area contributed by atoms with Crippen LogP contribution in [0.2, 0.25) is 5.02 Å². The number of rotatable bonds is 8. The third-order valence-corrected chi connectivity index (χ3v) is 8.31. The lowest BCUT2D eigenvalue weighted by molar-refractivity contribution is -0.131. The van der Waals surface area contributed by atoms with Crippen LogP contribution in [0.5, 0.6) is 5.75 Å². The summed E-state index contributed by atoms with van der Waals surface area (Å²) in [5.74, 6) is 0.903. The molecule has 1 saturated heterocycles. The number of amides is 1. The molecule has 8 heteroatoms. The van der Waals surface area contributed by atoms with Crippen molar-refractivity contribution in [3.8, 4) is 5.75 Å². The molecule has 5 rings (SSSR count). The molecule has 3 heterocycles. The first-order chi connectivity index (χ1) is 19.2. The van der Waals surface area contributed by atoms with Crippen molar-refractivity contribution >= 4 is 23.1 Å². The van der Waals surface area contributed by atoms with Crippen LogP contribution in [0, 0.1) is 4.91 Å². The van der Waals surface area contributed by atoms with E-state index in [1.165, 1.54) is 0 Å². The van der Waals surface area contributed by atoms with Gasteiger partial charge in [0.1, 0.15) is 17.9 Å². The molecule has 40 heavy (non-hydrogen) atoms. The highest BCUT2D eigenvalue weighted by Crippen LogP contribution is 2.40. The van der Waals surface area contributed by atoms with Crippen molar-refractivity contribution in [3.63, 3.8) is 0 Å². The number of halogens is 1. The molecule has 1 fully saturated rings. The van der Waals surface area contributed by atoms with E-state index in [0.29, 0.717) is 18.2 Å². The first-order valence-electron chi connectivity index (χ1n) is 14.0. The summed E-state index contributed by atoms with van der Waals surface area (Å²) in [6, 6.07) is 13.8. The minimum Gasteiger partial charge on any atom is -0.487 e. The van der Waals surface area contributed by atoms with E-state index >= 15 is 0 Å². The number of hydrogen-bond acceptors (Lipinski definition) is 6. The number of likely N-dealkylation sites (tertiary alicyclic amines) is 1. The molecule has 3 aliphatic heterocycles. The molecule has 0 aromatic heterocycles. The number of nitrogens with one attached hydrogen (secondary N) is 1. The smallest absolute Gasteiger partial charge is 0.220 e. The number of hydrogen-bond donors (Lipinski definition) is 1. The quantitative estimate of drug-likeness (QED) is 0.398. The summed E-state index contributed by atoms with van der Waals surface area (Å²) >= 11 is 6.05. The summed E-state index contributed by atoms with van der Waals surface area (Å²) in [4.78, 5) is 28.5. The van der Waals surface area contributed by atoms with Gasteiger partial charge in [-0.1, -0.05) is 53.2 Å². The Morgan fingerprint density at radius 3 is 2.80 bits per heavy atom. The summed E-state index contributed by atoms with van der Waals surface area (Å²) in [5, 5.41) is 7.53. The largest absolute Gasteiger partial charge is 0.487 e. The summed E-state index contributed by atoms with van der Waals surface area (Å²) in [6.45, 7) is 9.86. The molecule has 7 nitrogen and oxygen atoms in total. The van der Waals surface area contributed by atoms with Crippen molar-refractivity contribution in [3.05, 3.63) is 98.6 Å². The molecule has 1 N–H and O–H groups in total. The number of dihydropyridines is 1. The van der Waals surface area contributed by atoms with Gasteiger partial charge in [0, 0.05) is 61.8 Å². The third kappa shape index (κ3) is 6.16. The van der Waals surface area contributed by atoms with Crippen LogP contribution >= 0.6 is 11.6 Å².